The maximum atomic E-state index is 11.9. The maximum absolute atomic E-state index is 11.9. The van der Waals surface area contributed by atoms with Gasteiger partial charge in [0.25, 0.3) is 5.91 Å². The molecule has 0 atom stereocenters. The third-order valence-corrected chi connectivity index (χ3v) is 3.69. The third kappa shape index (κ3) is 4.59. The smallest absolute Gasteiger partial charge is 0.252 e. The molecule has 0 spiro atoms. The molecule has 4 nitrogen and oxygen atoms in total. The van der Waals surface area contributed by atoms with Gasteiger partial charge in [-0.1, -0.05) is 35.3 Å². The maximum Gasteiger partial charge on any atom is 0.252 e. The van der Waals surface area contributed by atoms with E-state index >= 15 is 0 Å². The molecule has 0 fully saturated rings. The Morgan fingerprint density at radius 1 is 1.33 bits per heavy atom. The van der Waals surface area contributed by atoms with Crippen LogP contribution in [-0.2, 0) is 0 Å². The molecule has 0 saturated carbocycles. The van der Waals surface area contributed by atoms with Crippen molar-refractivity contribution in [3.05, 3.63) is 56.6 Å². The Bertz CT molecular complexity index is 653. The standard InChI is InChI=1S/C14H11BrCl2N2O2/c15-11-4-2-1-3-10(11)13(20)18-5-6-21-14-12(17)7-9(16)8-19-14/h1-4,7-8H,5-6H2,(H,18,20). The Kier molecular flexibility index (Phi) is 5.85. The Labute approximate surface area is 140 Å². The van der Waals surface area contributed by atoms with Gasteiger partial charge in [-0.2, -0.15) is 0 Å². The monoisotopic (exact) mass is 388 g/mol. The quantitative estimate of drug-likeness (QED) is 0.787. The number of halogens is 3. The van der Waals surface area contributed by atoms with E-state index in [-0.39, 0.29) is 18.4 Å². The first-order valence-corrected chi connectivity index (χ1v) is 7.59. The molecular weight excluding hydrogens is 379 g/mol. The normalized spacial score (nSPS) is 10.2. The van der Waals surface area contributed by atoms with Gasteiger partial charge in [-0.05, 0) is 34.1 Å². The molecule has 1 aromatic heterocycles. The number of nitrogens with one attached hydrogen (secondary N) is 1. The fourth-order valence-corrected chi connectivity index (χ4v) is 2.46. The van der Waals surface area contributed by atoms with Gasteiger partial charge in [0.1, 0.15) is 11.6 Å². The zero-order chi connectivity index (χ0) is 15.2. The number of aromatic nitrogens is 1. The highest BCUT2D eigenvalue weighted by molar-refractivity contribution is 9.10. The number of hydrogen-bond acceptors (Lipinski definition) is 3. The molecule has 7 heteroatoms. The molecular formula is C14H11BrCl2N2O2. The van der Waals surface area contributed by atoms with Crippen LogP contribution in [0.3, 0.4) is 0 Å². The molecule has 0 radical (unpaired) electrons. The van der Waals surface area contributed by atoms with Crippen molar-refractivity contribution in [1.29, 1.82) is 0 Å². The molecule has 0 aliphatic rings. The molecule has 0 saturated heterocycles. The summed E-state index contributed by atoms with van der Waals surface area (Å²) in [4.78, 5) is 15.9. The van der Waals surface area contributed by atoms with Crippen LogP contribution in [0.2, 0.25) is 10.0 Å². The van der Waals surface area contributed by atoms with Crippen molar-refractivity contribution in [2.24, 2.45) is 0 Å². The number of ether oxygens (including phenoxy) is 1. The first kappa shape index (κ1) is 16.1. The van der Waals surface area contributed by atoms with Gasteiger partial charge >= 0.3 is 0 Å². The molecule has 1 amide bonds. The number of benzene rings is 1. The Morgan fingerprint density at radius 3 is 2.81 bits per heavy atom. The van der Waals surface area contributed by atoms with Crippen molar-refractivity contribution in [3.63, 3.8) is 0 Å². The lowest BCUT2D eigenvalue weighted by atomic mass is 10.2. The number of pyridine rings is 1. The third-order valence-electron chi connectivity index (χ3n) is 2.52. The lowest BCUT2D eigenvalue weighted by Gasteiger charge is -2.09. The number of rotatable bonds is 5. The van der Waals surface area contributed by atoms with Crippen LogP contribution >= 0.6 is 39.1 Å². The van der Waals surface area contributed by atoms with Gasteiger partial charge in [-0.3, -0.25) is 4.79 Å². The van der Waals surface area contributed by atoms with E-state index in [1.54, 1.807) is 18.2 Å². The average molecular weight is 390 g/mol. The number of carbonyl (C=O) groups excluding carboxylic acids is 1. The summed E-state index contributed by atoms with van der Waals surface area (Å²) in [6, 6.07) is 8.73. The zero-order valence-corrected chi connectivity index (χ0v) is 13.9. The van der Waals surface area contributed by atoms with Crippen molar-refractivity contribution in [1.82, 2.24) is 10.3 Å². The molecule has 2 rings (SSSR count). The summed E-state index contributed by atoms with van der Waals surface area (Å²) in [5.74, 6) is 0.109. The minimum atomic E-state index is -0.179. The van der Waals surface area contributed by atoms with E-state index in [1.165, 1.54) is 6.20 Å². The van der Waals surface area contributed by atoms with Crippen LogP contribution in [0.1, 0.15) is 10.4 Å². The second-order valence-corrected chi connectivity index (χ2v) is 5.72. The first-order chi connectivity index (χ1) is 10.1. The summed E-state index contributed by atoms with van der Waals surface area (Å²) in [6.45, 7) is 0.589. The predicted molar refractivity (Wildman–Crippen MR) is 86.2 cm³/mol. The summed E-state index contributed by atoms with van der Waals surface area (Å²) in [5.41, 5.74) is 0.570. The van der Waals surface area contributed by atoms with Gasteiger partial charge < -0.3 is 10.1 Å². The molecule has 1 heterocycles. The van der Waals surface area contributed by atoms with Crippen LogP contribution in [0.25, 0.3) is 0 Å². The molecule has 0 bridgehead atoms. The molecule has 0 aliphatic carbocycles. The molecule has 0 unspecified atom stereocenters. The lowest BCUT2D eigenvalue weighted by Crippen LogP contribution is -2.28. The van der Waals surface area contributed by atoms with Crippen LogP contribution < -0.4 is 10.1 Å². The highest BCUT2D eigenvalue weighted by Gasteiger charge is 2.09. The van der Waals surface area contributed by atoms with E-state index in [1.807, 2.05) is 12.1 Å². The van der Waals surface area contributed by atoms with Crippen LogP contribution in [0, 0.1) is 0 Å². The van der Waals surface area contributed by atoms with Crippen LogP contribution in [0.4, 0.5) is 0 Å². The Balaban J connectivity index is 1.82. The van der Waals surface area contributed by atoms with E-state index in [0.717, 1.165) is 4.47 Å². The lowest BCUT2D eigenvalue weighted by molar-refractivity contribution is 0.0946. The number of carbonyl (C=O) groups is 1. The number of amides is 1. The Morgan fingerprint density at radius 2 is 2.10 bits per heavy atom. The number of hydrogen-bond donors (Lipinski definition) is 1. The van der Waals surface area contributed by atoms with E-state index in [0.29, 0.717) is 22.2 Å². The summed E-state index contributed by atoms with van der Waals surface area (Å²) in [5, 5.41) is 3.52. The van der Waals surface area contributed by atoms with Crippen molar-refractivity contribution in [2.75, 3.05) is 13.2 Å². The summed E-state index contributed by atoms with van der Waals surface area (Å²) >= 11 is 15.0. The molecule has 1 aromatic carbocycles. The minimum Gasteiger partial charge on any atom is -0.475 e. The largest absolute Gasteiger partial charge is 0.475 e. The van der Waals surface area contributed by atoms with Gasteiger partial charge in [-0.15, -0.1) is 0 Å². The van der Waals surface area contributed by atoms with E-state index in [4.69, 9.17) is 27.9 Å². The van der Waals surface area contributed by atoms with Crippen LogP contribution in [0.5, 0.6) is 5.88 Å². The topological polar surface area (TPSA) is 51.2 Å². The highest BCUT2D eigenvalue weighted by Crippen LogP contribution is 2.24. The number of nitrogens with zero attached hydrogens (tertiary/aromatic N) is 1. The minimum absolute atomic E-state index is 0.179. The van der Waals surface area contributed by atoms with Crippen LogP contribution in [-0.4, -0.2) is 24.0 Å². The van der Waals surface area contributed by atoms with Crippen molar-refractivity contribution in [3.8, 4) is 5.88 Å². The van der Waals surface area contributed by atoms with E-state index in [2.05, 4.69) is 26.2 Å². The van der Waals surface area contributed by atoms with Gasteiger partial charge in [0.2, 0.25) is 5.88 Å². The van der Waals surface area contributed by atoms with Crippen LogP contribution in [0.15, 0.2) is 41.0 Å². The van der Waals surface area contributed by atoms with Gasteiger partial charge in [0.05, 0.1) is 17.1 Å². The molecule has 110 valence electrons. The molecule has 2 aromatic rings. The highest BCUT2D eigenvalue weighted by atomic mass is 79.9. The van der Waals surface area contributed by atoms with Crippen molar-refractivity contribution >= 4 is 45.0 Å². The van der Waals surface area contributed by atoms with Crippen molar-refractivity contribution in [2.45, 2.75) is 0 Å². The Hall–Kier alpha value is -1.30. The molecule has 1 N–H and O–H groups in total. The summed E-state index contributed by atoms with van der Waals surface area (Å²) < 4.78 is 6.12. The molecule has 0 aliphatic heterocycles. The summed E-state index contributed by atoms with van der Waals surface area (Å²) in [7, 11) is 0. The fourth-order valence-electron chi connectivity index (χ4n) is 1.56. The first-order valence-electron chi connectivity index (χ1n) is 6.04. The fraction of sp³-hybridized carbons (Fsp3) is 0.143. The van der Waals surface area contributed by atoms with E-state index in [9.17, 15) is 4.79 Å². The van der Waals surface area contributed by atoms with Gasteiger partial charge in [0.15, 0.2) is 0 Å². The average Bonchev–Trinajstić information content (AvgIpc) is 2.45. The SMILES string of the molecule is O=C(NCCOc1ncc(Cl)cc1Cl)c1ccccc1Br. The van der Waals surface area contributed by atoms with E-state index < -0.39 is 0 Å². The van der Waals surface area contributed by atoms with Gasteiger partial charge in [0, 0.05) is 10.7 Å². The summed E-state index contributed by atoms with van der Waals surface area (Å²) in [6.07, 6.45) is 1.45. The van der Waals surface area contributed by atoms with Gasteiger partial charge in [-0.25, -0.2) is 4.98 Å². The second-order valence-electron chi connectivity index (χ2n) is 4.02. The predicted octanol–water partition coefficient (Wildman–Crippen LogP) is 3.96. The second kappa shape index (κ2) is 7.64. The van der Waals surface area contributed by atoms with Crippen molar-refractivity contribution < 1.29 is 9.53 Å². The zero-order valence-electron chi connectivity index (χ0n) is 10.8. The molecule has 21 heavy (non-hydrogen) atoms.